The molecule has 3 aliphatic rings. The Bertz CT molecular complexity index is 1450. The third-order valence-corrected chi connectivity index (χ3v) is 7.17. The Morgan fingerprint density at radius 3 is 2.69 bits per heavy atom. The topological polar surface area (TPSA) is 97.1 Å². The maximum Gasteiger partial charge on any atom is 0.231 e. The quantitative estimate of drug-likeness (QED) is 0.427. The van der Waals surface area contributed by atoms with Crippen LogP contribution < -0.4 is 9.47 Å². The van der Waals surface area contributed by atoms with Crippen LogP contribution in [0.15, 0.2) is 30.6 Å². The molecule has 7 rings (SSSR count). The fourth-order valence-electron chi connectivity index (χ4n) is 4.88. The Morgan fingerprint density at radius 2 is 1.80 bits per heavy atom. The highest BCUT2D eigenvalue weighted by atomic mass is 16.7. The van der Waals surface area contributed by atoms with Gasteiger partial charge in [-0.1, -0.05) is 0 Å². The number of aromatic nitrogens is 6. The van der Waals surface area contributed by atoms with Gasteiger partial charge >= 0.3 is 0 Å². The van der Waals surface area contributed by atoms with Crippen molar-refractivity contribution in [2.45, 2.75) is 57.6 Å². The van der Waals surface area contributed by atoms with Gasteiger partial charge in [0.15, 0.2) is 17.1 Å². The molecule has 2 aliphatic heterocycles. The van der Waals surface area contributed by atoms with Gasteiger partial charge in [-0.05, 0) is 57.7 Å². The zero-order chi connectivity index (χ0) is 23.5. The summed E-state index contributed by atoms with van der Waals surface area (Å²) in [6.45, 7) is 4.81. The summed E-state index contributed by atoms with van der Waals surface area (Å²) in [6.07, 6.45) is 8.16. The minimum atomic E-state index is -0.0135. The normalized spacial score (nSPS) is 21.5. The zero-order valence-electron chi connectivity index (χ0n) is 19.8. The van der Waals surface area contributed by atoms with Gasteiger partial charge in [-0.3, -0.25) is 4.68 Å². The van der Waals surface area contributed by atoms with Crippen molar-refractivity contribution in [3.8, 4) is 22.8 Å². The third-order valence-electron chi connectivity index (χ3n) is 7.17. The minimum absolute atomic E-state index is 0.0135. The molecule has 3 aromatic heterocycles. The number of benzene rings is 1. The number of hydrogen-bond donors (Lipinski definition) is 0. The number of nitrogens with zero attached hydrogens (tertiary/aromatic N) is 6. The Balaban J connectivity index is 1.29. The van der Waals surface area contributed by atoms with Crippen LogP contribution in [0.4, 0.5) is 0 Å². The highest BCUT2D eigenvalue weighted by molar-refractivity contribution is 5.87. The molecule has 4 aromatic rings. The highest BCUT2D eigenvalue weighted by Gasteiger charge is 2.31. The lowest BCUT2D eigenvalue weighted by atomic mass is 9.92. The molecular weight excluding hydrogens is 444 g/mol. The predicted molar refractivity (Wildman–Crippen MR) is 127 cm³/mol. The van der Waals surface area contributed by atoms with E-state index in [1.807, 2.05) is 38.2 Å². The van der Waals surface area contributed by atoms with E-state index in [-0.39, 0.29) is 18.8 Å². The number of rotatable bonds is 4. The molecule has 0 unspecified atom stereocenters. The van der Waals surface area contributed by atoms with Gasteiger partial charge < -0.3 is 14.2 Å². The molecule has 178 valence electrons. The molecule has 0 N–H and O–H groups in total. The zero-order valence-corrected chi connectivity index (χ0v) is 19.8. The molecule has 2 atom stereocenters. The Kier molecular flexibility index (Phi) is 4.73. The summed E-state index contributed by atoms with van der Waals surface area (Å²) >= 11 is 0. The lowest BCUT2D eigenvalue weighted by Crippen LogP contribution is -2.20. The van der Waals surface area contributed by atoms with Gasteiger partial charge in [0, 0.05) is 29.8 Å². The first-order valence-electron chi connectivity index (χ1n) is 12.2. The first-order chi connectivity index (χ1) is 17.1. The second-order valence-corrected chi connectivity index (χ2v) is 9.63. The molecule has 2 fully saturated rings. The van der Waals surface area contributed by atoms with Gasteiger partial charge in [0.2, 0.25) is 6.79 Å². The molecule has 1 aromatic carbocycles. The Labute approximate surface area is 202 Å². The number of fused-ring (bicyclic) bond motifs is 2. The van der Waals surface area contributed by atoms with Crippen molar-refractivity contribution < 1.29 is 14.2 Å². The van der Waals surface area contributed by atoms with Crippen LogP contribution in [-0.4, -0.2) is 43.1 Å². The van der Waals surface area contributed by atoms with Gasteiger partial charge in [-0.15, -0.1) is 0 Å². The van der Waals surface area contributed by atoms with Crippen LogP contribution in [0.2, 0.25) is 0 Å². The summed E-state index contributed by atoms with van der Waals surface area (Å²) in [7, 11) is 0. The van der Waals surface area contributed by atoms with E-state index in [9.17, 15) is 0 Å². The third kappa shape index (κ3) is 3.70. The Hall–Kier alpha value is -3.59. The van der Waals surface area contributed by atoms with E-state index in [1.165, 1.54) is 12.8 Å². The summed E-state index contributed by atoms with van der Waals surface area (Å²) in [5, 5.41) is 4.56. The fraction of sp³-hybridized carbons (Fsp3) is 0.423. The van der Waals surface area contributed by atoms with Crippen LogP contribution >= 0.6 is 0 Å². The predicted octanol–water partition coefficient (Wildman–Crippen LogP) is 4.60. The molecule has 35 heavy (non-hydrogen) atoms. The van der Waals surface area contributed by atoms with E-state index in [0.29, 0.717) is 29.6 Å². The molecule has 0 bridgehead atoms. The van der Waals surface area contributed by atoms with Crippen LogP contribution in [0.25, 0.3) is 22.4 Å². The lowest BCUT2D eigenvalue weighted by molar-refractivity contribution is 0.00396. The highest BCUT2D eigenvalue weighted by Crippen LogP contribution is 2.41. The second-order valence-electron chi connectivity index (χ2n) is 9.63. The van der Waals surface area contributed by atoms with Gasteiger partial charge in [0.05, 0.1) is 29.7 Å². The van der Waals surface area contributed by atoms with E-state index < -0.39 is 0 Å². The smallest absolute Gasteiger partial charge is 0.231 e. The molecule has 0 amide bonds. The number of ether oxygens (including phenoxy) is 3. The largest absolute Gasteiger partial charge is 0.454 e. The summed E-state index contributed by atoms with van der Waals surface area (Å²) in [6, 6.07) is 6.43. The van der Waals surface area contributed by atoms with Crippen LogP contribution in [0.3, 0.4) is 0 Å². The van der Waals surface area contributed by atoms with Gasteiger partial charge in [-0.2, -0.15) is 5.10 Å². The molecule has 1 saturated heterocycles. The van der Waals surface area contributed by atoms with E-state index in [2.05, 4.69) is 16.0 Å². The minimum Gasteiger partial charge on any atom is -0.454 e. The van der Waals surface area contributed by atoms with Crippen molar-refractivity contribution >= 4 is 11.2 Å². The van der Waals surface area contributed by atoms with E-state index in [0.717, 1.165) is 52.6 Å². The lowest BCUT2D eigenvalue weighted by Gasteiger charge is -2.28. The van der Waals surface area contributed by atoms with Crippen LogP contribution in [0.1, 0.15) is 66.5 Å². The van der Waals surface area contributed by atoms with Gasteiger partial charge in [0.1, 0.15) is 17.0 Å². The molecule has 0 spiro atoms. The van der Waals surface area contributed by atoms with Crippen molar-refractivity contribution in [3.05, 3.63) is 53.4 Å². The molecule has 0 radical (unpaired) electrons. The van der Waals surface area contributed by atoms with E-state index >= 15 is 0 Å². The van der Waals surface area contributed by atoms with Crippen LogP contribution in [-0.2, 0) is 4.74 Å². The second kappa shape index (κ2) is 7.98. The number of hydrogen-bond acceptors (Lipinski definition) is 8. The van der Waals surface area contributed by atoms with Crippen molar-refractivity contribution in [1.82, 2.24) is 29.7 Å². The monoisotopic (exact) mass is 470 g/mol. The van der Waals surface area contributed by atoms with Crippen LogP contribution in [0.5, 0.6) is 11.5 Å². The standard InChI is InChI=1S/C26H26N6O3/c1-14-15(2)29-26-24(28-14)23(16-3-6-20-22(9-16)35-13-34-20)30-25(31-26)17-7-8-33-21(10-17)18-11-27-32(12-18)19-4-5-19/h3,6,9,11-12,17,19,21H,4-5,7-8,10,13H2,1-2H3/t17-,21-/m0/s1. The molecule has 5 heterocycles. The molecule has 9 heteroatoms. The number of aryl methyl sites for hydroxylation is 2. The summed E-state index contributed by atoms with van der Waals surface area (Å²) in [5.74, 6) is 2.39. The van der Waals surface area contributed by atoms with Crippen molar-refractivity contribution in [3.63, 3.8) is 0 Å². The first-order valence-corrected chi connectivity index (χ1v) is 12.2. The summed E-state index contributed by atoms with van der Waals surface area (Å²) in [4.78, 5) is 19.6. The fourth-order valence-corrected chi connectivity index (χ4v) is 4.88. The van der Waals surface area contributed by atoms with E-state index in [4.69, 9.17) is 34.1 Å². The Morgan fingerprint density at radius 1 is 0.943 bits per heavy atom. The van der Waals surface area contributed by atoms with Crippen molar-refractivity contribution in [2.24, 2.45) is 0 Å². The molecule has 9 nitrogen and oxygen atoms in total. The molecular formula is C26H26N6O3. The van der Waals surface area contributed by atoms with Crippen LogP contribution in [0, 0.1) is 13.8 Å². The molecule has 1 saturated carbocycles. The average molecular weight is 471 g/mol. The summed E-state index contributed by atoms with van der Waals surface area (Å²) in [5.41, 5.74) is 5.87. The van der Waals surface area contributed by atoms with Gasteiger partial charge in [0.25, 0.3) is 0 Å². The van der Waals surface area contributed by atoms with Crippen molar-refractivity contribution in [2.75, 3.05) is 13.4 Å². The maximum absolute atomic E-state index is 6.15. The van der Waals surface area contributed by atoms with Gasteiger partial charge in [-0.25, -0.2) is 19.9 Å². The summed E-state index contributed by atoms with van der Waals surface area (Å²) < 4.78 is 19.3. The van der Waals surface area contributed by atoms with Crippen molar-refractivity contribution in [1.29, 1.82) is 0 Å². The SMILES string of the molecule is Cc1nc2nc([C@H]3CCO[C@H](c4cnn(C5CC5)c4)C3)nc(-c3ccc4c(c3)OCO4)c2nc1C. The average Bonchev–Trinajstić information content (AvgIpc) is 3.41. The first kappa shape index (κ1) is 20.8. The molecule has 1 aliphatic carbocycles. The maximum atomic E-state index is 6.15. The van der Waals surface area contributed by atoms with E-state index in [1.54, 1.807) is 0 Å².